The maximum Gasteiger partial charge on any atom is 0.145 e. The molecule has 4 aromatic carbocycles. The molecule has 0 saturated carbocycles. The molecule has 0 spiro atoms. The van der Waals surface area contributed by atoms with Crippen LogP contribution in [0, 0.1) is 0 Å². The van der Waals surface area contributed by atoms with Crippen LogP contribution in [0.5, 0.6) is 0 Å². The van der Waals surface area contributed by atoms with E-state index in [4.69, 9.17) is 19.4 Å². The zero-order valence-corrected chi connectivity index (χ0v) is 21.4. The normalized spacial score (nSPS) is 18.8. The molecule has 3 aliphatic heterocycles. The van der Waals surface area contributed by atoms with Gasteiger partial charge in [0.05, 0.1) is 34.7 Å². The second kappa shape index (κ2) is 9.10. The van der Waals surface area contributed by atoms with Crippen LogP contribution in [0.3, 0.4) is 0 Å². The van der Waals surface area contributed by atoms with Crippen LogP contribution in [0.4, 0.5) is 28.4 Å². The minimum Gasteiger partial charge on any atom is -0.467 e. The standard InChI is InChI=1S/C33H24N6O/c1-2-11-21(12-3-1)32-37-26-17-8-9-18-27(26)38-33-22-13-4-5-14-23(22)35-31-30(39(32)33)29(28-19-10-20-40-28)34-24-15-6-7-16-25(24)36-31/h1-20,29-30,34H,(H,35,36). The number of hydrogen-bond donors (Lipinski definition) is 2. The van der Waals surface area contributed by atoms with Crippen molar-refractivity contribution in [2.24, 2.45) is 15.0 Å². The van der Waals surface area contributed by atoms with Gasteiger partial charge in [0.25, 0.3) is 0 Å². The summed E-state index contributed by atoms with van der Waals surface area (Å²) < 4.78 is 6.07. The van der Waals surface area contributed by atoms with Gasteiger partial charge >= 0.3 is 0 Å². The quantitative estimate of drug-likeness (QED) is 0.254. The van der Waals surface area contributed by atoms with Crippen molar-refractivity contribution in [3.8, 4) is 0 Å². The molecule has 0 amide bonds. The minimum absolute atomic E-state index is 0.320. The molecular weight excluding hydrogens is 496 g/mol. The second-order valence-electron chi connectivity index (χ2n) is 9.86. The molecule has 2 unspecified atom stereocenters. The van der Waals surface area contributed by atoms with E-state index in [1.165, 1.54) is 0 Å². The highest BCUT2D eigenvalue weighted by atomic mass is 16.3. The molecule has 0 fully saturated rings. The predicted molar refractivity (Wildman–Crippen MR) is 160 cm³/mol. The van der Waals surface area contributed by atoms with Crippen LogP contribution in [-0.4, -0.2) is 28.4 Å². The lowest BCUT2D eigenvalue weighted by atomic mass is 10.00. The Bertz CT molecular complexity index is 1820. The van der Waals surface area contributed by atoms with E-state index in [0.717, 1.165) is 62.8 Å². The van der Waals surface area contributed by atoms with Gasteiger partial charge < -0.3 is 15.1 Å². The fourth-order valence-corrected chi connectivity index (χ4v) is 5.62. The smallest absolute Gasteiger partial charge is 0.145 e. The lowest BCUT2D eigenvalue weighted by Crippen LogP contribution is -2.53. The maximum atomic E-state index is 6.07. The summed E-state index contributed by atoms with van der Waals surface area (Å²) in [5.41, 5.74) is 6.25. The van der Waals surface area contributed by atoms with Crippen molar-refractivity contribution in [3.05, 3.63) is 138 Å². The first-order valence-corrected chi connectivity index (χ1v) is 13.3. The first-order valence-electron chi connectivity index (χ1n) is 13.3. The Hall–Kier alpha value is -5.43. The van der Waals surface area contributed by atoms with E-state index in [9.17, 15) is 0 Å². The van der Waals surface area contributed by atoms with Gasteiger partial charge in [-0.15, -0.1) is 0 Å². The number of aliphatic imine (C=N–C) groups is 3. The van der Waals surface area contributed by atoms with E-state index >= 15 is 0 Å². The van der Waals surface area contributed by atoms with Gasteiger partial charge in [-0.2, -0.15) is 0 Å². The minimum atomic E-state index is -0.391. The second-order valence-corrected chi connectivity index (χ2v) is 9.86. The Morgan fingerprint density at radius 3 is 2.05 bits per heavy atom. The molecule has 4 heterocycles. The first-order chi connectivity index (χ1) is 19.8. The van der Waals surface area contributed by atoms with E-state index in [1.807, 2.05) is 84.9 Å². The van der Waals surface area contributed by atoms with Gasteiger partial charge in [0.15, 0.2) is 0 Å². The Labute approximate surface area is 231 Å². The average molecular weight is 521 g/mol. The molecule has 2 atom stereocenters. The largest absolute Gasteiger partial charge is 0.467 e. The van der Waals surface area contributed by atoms with Crippen molar-refractivity contribution in [2.45, 2.75) is 12.1 Å². The van der Waals surface area contributed by atoms with E-state index in [0.29, 0.717) is 0 Å². The van der Waals surface area contributed by atoms with Gasteiger partial charge in [0.2, 0.25) is 0 Å². The Morgan fingerprint density at radius 1 is 0.600 bits per heavy atom. The molecule has 7 heteroatoms. The highest BCUT2D eigenvalue weighted by Crippen LogP contribution is 2.42. The van der Waals surface area contributed by atoms with Crippen molar-refractivity contribution in [3.63, 3.8) is 0 Å². The van der Waals surface area contributed by atoms with Gasteiger partial charge in [-0.25, -0.2) is 15.0 Å². The van der Waals surface area contributed by atoms with E-state index in [-0.39, 0.29) is 6.04 Å². The SMILES string of the molecule is c1ccc(C2=Nc3ccccc3N=C3c4ccccc4N=C4Nc5ccccc5NC(c5ccco5)C4N23)cc1. The van der Waals surface area contributed by atoms with Crippen LogP contribution in [0.2, 0.25) is 0 Å². The summed E-state index contributed by atoms with van der Waals surface area (Å²) in [6.45, 7) is 0. The third-order valence-corrected chi connectivity index (χ3v) is 7.43. The van der Waals surface area contributed by atoms with Gasteiger partial charge in [-0.1, -0.05) is 66.7 Å². The van der Waals surface area contributed by atoms with Crippen molar-refractivity contribution < 1.29 is 4.42 Å². The summed E-state index contributed by atoms with van der Waals surface area (Å²) in [5, 5.41) is 7.45. The number of nitrogens with zero attached hydrogens (tertiary/aromatic N) is 4. The number of hydrogen-bond acceptors (Lipinski definition) is 7. The molecule has 8 rings (SSSR count). The van der Waals surface area contributed by atoms with E-state index in [1.54, 1.807) is 6.26 Å². The van der Waals surface area contributed by atoms with Crippen molar-refractivity contribution in [1.29, 1.82) is 0 Å². The summed E-state index contributed by atoms with van der Waals surface area (Å²) in [4.78, 5) is 18.1. The third kappa shape index (κ3) is 3.63. The van der Waals surface area contributed by atoms with Gasteiger partial charge in [-0.3, -0.25) is 4.90 Å². The molecule has 0 bridgehead atoms. The van der Waals surface area contributed by atoms with Crippen LogP contribution >= 0.6 is 0 Å². The zero-order chi connectivity index (χ0) is 26.5. The number of para-hydroxylation sites is 5. The average Bonchev–Trinajstić information content (AvgIpc) is 3.36. The van der Waals surface area contributed by atoms with Gasteiger partial charge in [0.1, 0.15) is 35.4 Å². The molecular formula is C33H24N6O. The summed E-state index contributed by atoms with van der Waals surface area (Å²) in [5.74, 6) is 3.12. The van der Waals surface area contributed by atoms with E-state index in [2.05, 4.69) is 45.9 Å². The number of nitrogens with one attached hydrogen (secondary N) is 2. The number of amidine groups is 3. The molecule has 1 aromatic heterocycles. The Morgan fingerprint density at radius 2 is 1.27 bits per heavy atom. The molecule has 40 heavy (non-hydrogen) atoms. The molecule has 192 valence electrons. The number of rotatable bonds is 2. The Balaban J connectivity index is 1.47. The molecule has 0 saturated heterocycles. The highest BCUT2D eigenvalue weighted by molar-refractivity contribution is 6.23. The molecule has 2 N–H and O–H groups in total. The van der Waals surface area contributed by atoms with Crippen LogP contribution in [0.25, 0.3) is 0 Å². The predicted octanol–water partition coefficient (Wildman–Crippen LogP) is 7.44. The third-order valence-electron chi connectivity index (χ3n) is 7.43. The maximum absolute atomic E-state index is 6.07. The fraction of sp³-hybridized carbons (Fsp3) is 0.0606. The van der Waals surface area contributed by atoms with Gasteiger partial charge in [-0.05, 0) is 48.5 Å². The first kappa shape index (κ1) is 22.5. The zero-order valence-electron chi connectivity index (χ0n) is 21.4. The lowest BCUT2D eigenvalue weighted by Gasteiger charge is -2.37. The van der Waals surface area contributed by atoms with Crippen molar-refractivity contribution in [1.82, 2.24) is 4.90 Å². The number of anilines is 2. The lowest BCUT2D eigenvalue weighted by molar-refractivity contribution is 0.408. The summed E-state index contributed by atoms with van der Waals surface area (Å²) >= 11 is 0. The topological polar surface area (TPSA) is 77.5 Å². The summed E-state index contributed by atoms with van der Waals surface area (Å²) in [7, 11) is 0. The fourth-order valence-electron chi connectivity index (χ4n) is 5.62. The van der Waals surface area contributed by atoms with Crippen molar-refractivity contribution in [2.75, 3.05) is 10.6 Å². The summed E-state index contributed by atoms with van der Waals surface area (Å²) in [6, 6.07) is 37.8. The van der Waals surface area contributed by atoms with Gasteiger partial charge in [0, 0.05) is 11.1 Å². The van der Waals surface area contributed by atoms with Crippen molar-refractivity contribution >= 4 is 45.9 Å². The Kier molecular flexibility index (Phi) is 5.13. The highest BCUT2D eigenvalue weighted by Gasteiger charge is 2.44. The molecule has 0 radical (unpaired) electrons. The molecule has 0 aliphatic carbocycles. The van der Waals surface area contributed by atoms with Crippen LogP contribution in [0.1, 0.15) is 22.9 Å². The van der Waals surface area contributed by atoms with E-state index < -0.39 is 6.04 Å². The monoisotopic (exact) mass is 520 g/mol. The number of fused-ring (bicyclic) bond motifs is 7. The van der Waals surface area contributed by atoms with Crippen LogP contribution in [0.15, 0.2) is 141 Å². The molecule has 3 aliphatic rings. The molecule has 5 aromatic rings. The molecule has 7 nitrogen and oxygen atoms in total. The number of furan rings is 1. The summed E-state index contributed by atoms with van der Waals surface area (Å²) in [6.07, 6.45) is 1.71. The van der Waals surface area contributed by atoms with Crippen LogP contribution in [-0.2, 0) is 0 Å². The van der Waals surface area contributed by atoms with Crippen LogP contribution < -0.4 is 10.6 Å². The number of benzene rings is 4.